The predicted octanol–water partition coefficient (Wildman–Crippen LogP) is 1.51. The van der Waals surface area contributed by atoms with Crippen molar-refractivity contribution in [2.45, 2.75) is 0 Å². The second-order valence-electron chi connectivity index (χ2n) is 3.52. The van der Waals surface area contributed by atoms with E-state index in [9.17, 15) is 13.2 Å². The molecule has 19 heavy (non-hydrogen) atoms. The molecule has 1 aromatic carbocycles. The van der Waals surface area contributed by atoms with E-state index in [1.807, 2.05) is 0 Å². The van der Waals surface area contributed by atoms with Gasteiger partial charge in [0.25, 0.3) is 0 Å². The van der Waals surface area contributed by atoms with E-state index in [4.69, 9.17) is 11.6 Å². The van der Waals surface area contributed by atoms with E-state index in [2.05, 4.69) is 20.7 Å². The predicted molar refractivity (Wildman–Crippen MR) is 63.9 cm³/mol. The summed E-state index contributed by atoms with van der Waals surface area (Å²) in [5.74, 6) is 1.71. The highest BCUT2D eigenvalue weighted by atomic mass is 19.2. The minimum absolute atomic E-state index is 0.0318. The summed E-state index contributed by atoms with van der Waals surface area (Å²) < 4.78 is 39.5. The molecule has 100 valence electrons. The van der Waals surface area contributed by atoms with Crippen LogP contribution in [-0.4, -0.2) is 9.97 Å². The average Bonchev–Trinajstić information content (AvgIpc) is 2.34. The van der Waals surface area contributed by atoms with Gasteiger partial charge < -0.3 is 16.5 Å². The highest BCUT2D eigenvalue weighted by Gasteiger charge is 2.12. The number of hydrogen-bond acceptors (Lipinski definition) is 6. The van der Waals surface area contributed by atoms with E-state index in [0.29, 0.717) is 6.07 Å². The van der Waals surface area contributed by atoms with Crippen LogP contribution >= 0.6 is 0 Å². The second-order valence-corrected chi connectivity index (χ2v) is 3.52. The van der Waals surface area contributed by atoms with Crippen molar-refractivity contribution in [1.82, 2.24) is 9.97 Å². The number of rotatable bonds is 3. The highest BCUT2D eigenvalue weighted by molar-refractivity contribution is 5.61. The summed E-state index contributed by atoms with van der Waals surface area (Å²) in [6.07, 6.45) is 0. The topological polar surface area (TPSA) is 102 Å². The van der Waals surface area contributed by atoms with Gasteiger partial charge in [-0.25, -0.2) is 19.0 Å². The minimum atomic E-state index is -1.32. The van der Waals surface area contributed by atoms with Crippen LogP contribution in [0, 0.1) is 17.5 Å². The Bertz CT molecular complexity index is 618. The van der Waals surface area contributed by atoms with Crippen LogP contribution in [0.25, 0.3) is 0 Å². The van der Waals surface area contributed by atoms with Crippen molar-refractivity contribution in [1.29, 1.82) is 0 Å². The third-order valence-electron chi connectivity index (χ3n) is 2.15. The number of halogens is 3. The van der Waals surface area contributed by atoms with Crippen LogP contribution in [0.5, 0.6) is 0 Å². The molecule has 0 saturated heterocycles. The summed E-state index contributed by atoms with van der Waals surface area (Å²) >= 11 is 0. The van der Waals surface area contributed by atoms with Crippen molar-refractivity contribution in [3.05, 3.63) is 35.7 Å². The molecule has 6 N–H and O–H groups in total. The number of hydrazine groups is 1. The van der Waals surface area contributed by atoms with Crippen molar-refractivity contribution in [2.75, 3.05) is 16.5 Å². The molecule has 0 spiro atoms. The summed E-state index contributed by atoms with van der Waals surface area (Å²) in [7, 11) is 0. The molecule has 6 nitrogen and oxygen atoms in total. The van der Waals surface area contributed by atoms with Gasteiger partial charge in [0.05, 0.1) is 5.69 Å². The van der Waals surface area contributed by atoms with Gasteiger partial charge in [-0.05, 0) is 0 Å². The van der Waals surface area contributed by atoms with Crippen LogP contribution in [-0.2, 0) is 0 Å². The normalized spacial score (nSPS) is 10.3. The molecule has 0 aliphatic heterocycles. The Balaban J connectivity index is 2.38. The largest absolute Gasteiger partial charge is 0.368 e. The Hall–Kier alpha value is -2.55. The molecular weight excluding hydrogens is 261 g/mol. The molecular formula is C10H9F3N6. The van der Waals surface area contributed by atoms with Gasteiger partial charge >= 0.3 is 0 Å². The van der Waals surface area contributed by atoms with Gasteiger partial charge in [-0.15, -0.1) is 0 Å². The van der Waals surface area contributed by atoms with Crippen LogP contribution in [0.15, 0.2) is 18.2 Å². The molecule has 0 atom stereocenters. The van der Waals surface area contributed by atoms with Crippen LogP contribution in [0.4, 0.5) is 36.4 Å². The van der Waals surface area contributed by atoms with Crippen LogP contribution in [0.3, 0.4) is 0 Å². The van der Waals surface area contributed by atoms with Gasteiger partial charge in [-0.2, -0.15) is 9.97 Å². The maximum absolute atomic E-state index is 13.4. The van der Waals surface area contributed by atoms with E-state index in [-0.39, 0.29) is 17.6 Å². The zero-order chi connectivity index (χ0) is 14.0. The molecule has 1 aromatic heterocycles. The first-order chi connectivity index (χ1) is 8.99. The van der Waals surface area contributed by atoms with Gasteiger partial charge in [0.15, 0.2) is 11.6 Å². The molecule has 1 heterocycles. The zero-order valence-corrected chi connectivity index (χ0v) is 9.42. The van der Waals surface area contributed by atoms with Crippen molar-refractivity contribution >= 4 is 23.3 Å². The van der Waals surface area contributed by atoms with Crippen molar-refractivity contribution in [2.24, 2.45) is 5.84 Å². The number of hydrogen-bond donors (Lipinski definition) is 4. The second kappa shape index (κ2) is 4.98. The maximum atomic E-state index is 13.4. The fraction of sp³-hybridized carbons (Fsp3) is 0. The van der Waals surface area contributed by atoms with Crippen LogP contribution < -0.4 is 22.3 Å². The lowest BCUT2D eigenvalue weighted by molar-refractivity contribution is 0.498. The van der Waals surface area contributed by atoms with Gasteiger partial charge in [0, 0.05) is 18.2 Å². The Morgan fingerprint density at radius 1 is 1.00 bits per heavy atom. The molecule has 0 aliphatic rings. The van der Waals surface area contributed by atoms with Crippen molar-refractivity contribution in [3.8, 4) is 0 Å². The first-order valence-corrected chi connectivity index (χ1v) is 5.02. The summed E-state index contributed by atoms with van der Waals surface area (Å²) in [6, 6.07) is 2.51. The molecule has 0 fully saturated rings. The smallest absolute Gasteiger partial charge is 0.223 e. The highest BCUT2D eigenvalue weighted by Crippen LogP contribution is 2.23. The Kier molecular flexibility index (Phi) is 3.38. The molecule has 2 aromatic rings. The molecule has 0 radical (unpaired) electrons. The molecule has 2 rings (SSSR count). The maximum Gasteiger partial charge on any atom is 0.223 e. The number of nitrogens with two attached hydrogens (primary N) is 2. The summed E-state index contributed by atoms with van der Waals surface area (Å²) in [6.45, 7) is 0. The molecule has 9 heteroatoms. The quantitative estimate of drug-likeness (QED) is 0.383. The molecule has 0 saturated carbocycles. The van der Waals surface area contributed by atoms with Crippen LogP contribution in [0.1, 0.15) is 0 Å². The standard InChI is InChI=1S/C10H9F3N6/c11-4-1-5(12)9(13)6(2-4)16-7-3-8(19-15)18-10(14)17-7/h1-3H,15H2,(H4,14,16,17,18,19). The first-order valence-electron chi connectivity index (χ1n) is 5.02. The van der Waals surface area contributed by atoms with Gasteiger partial charge in [-0.1, -0.05) is 0 Å². The first kappa shape index (κ1) is 12.9. The summed E-state index contributed by atoms with van der Waals surface area (Å²) in [5.41, 5.74) is 7.19. The van der Waals surface area contributed by atoms with Crippen molar-refractivity contribution in [3.63, 3.8) is 0 Å². The third kappa shape index (κ3) is 2.83. The van der Waals surface area contributed by atoms with Gasteiger partial charge in [-0.3, -0.25) is 0 Å². The van der Waals surface area contributed by atoms with E-state index in [1.165, 1.54) is 6.07 Å². The molecule has 0 bridgehead atoms. The summed E-state index contributed by atoms with van der Waals surface area (Å²) in [5, 5.41) is 2.39. The Morgan fingerprint density at radius 3 is 2.37 bits per heavy atom. The van der Waals surface area contributed by atoms with Crippen LogP contribution in [0.2, 0.25) is 0 Å². The fourth-order valence-electron chi connectivity index (χ4n) is 1.39. The number of nitrogens with zero attached hydrogens (tertiary/aromatic N) is 2. The Labute approximate surface area is 105 Å². The van der Waals surface area contributed by atoms with Gasteiger partial charge in [0.2, 0.25) is 5.95 Å². The molecule has 0 amide bonds. The van der Waals surface area contributed by atoms with Crippen molar-refractivity contribution < 1.29 is 13.2 Å². The van der Waals surface area contributed by atoms with E-state index in [1.54, 1.807) is 0 Å². The SMILES string of the molecule is NNc1cc(Nc2cc(F)cc(F)c2F)nc(N)n1. The van der Waals surface area contributed by atoms with E-state index in [0.717, 1.165) is 6.07 Å². The number of anilines is 4. The third-order valence-corrected chi connectivity index (χ3v) is 2.15. The van der Waals surface area contributed by atoms with E-state index >= 15 is 0 Å². The minimum Gasteiger partial charge on any atom is -0.368 e. The van der Waals surface area contributed by atoms with E-state index < -0.39 is 23.1 Å². The lowest BCUT2D eigenvalue weighted by Gasteiger charge is -2.09. The molecule has 0 aliphatic carbocycles. The summed E-state index contributed by atoms with van der Waals surface area (Å²) in [4.78, 5) is 7.43. The Morgan fingerprint density at radius 2 is 1.68 bits per heavy atom. The number of nitrogen functional groups attached to an aromatic ring is 2. The zero-order valence-electron chi connectivity index (χ0n) is 9.42. The van der Waals surface area contributed by atoms with Gasteiger partial charge in [0.1, 0.15) is 17.5 Å². The number of nitrogens with one attached hydrogen (secondary N) is 2. The number of benzene rings is 1. The lowest BCUT2D eigenvalue weighted by atomic mass is 10.3. The fourth-order valence-corrected chi connectivity index (χ4v) is 1.39. The molecule has 0 unspecified atom stereocenters. The average molecular weight is 270 g/mol. The lowest BCUT2D eigenvalue weighted by Crippen LogP contribution is -2.11. The number of aromatic nitrogens is 2. The monoisotopic (exact) mass is 270 g/mol.